The smallest absolute Gasteiger partial charge is 0.276 e. The number of hydrogen-bond donors (Lipinski definition) is 0. The summed E-state index contributed by atoms with van der Waals surface area (Å²) < 4.78 is 0. The summed E-state index contributed by atoms with van der Waals surface area (Å²) in [7, 11) is 0. The quantitative estimate of drug-likeness (QED) is 0.155. The van der Waals surface area contributed by atoms with E-state index in [1.54, 1.807) is 18.2 Å². The topological polar surface area (TPSA) is 77.3 Å². The molecule has 33 heavy (non-hydrogen) atoms. The molecule has 0 unspecified atom stereocenters. The third-order valence-corrected chi connectivity index (χ3v) is 6.05. The molecule has 0 amide bonds. The normalized spacial score (nSPS) is 11.2. The fraction of sp³-hybridized carbons (Fsp3) is 0.0769. The molecule has 0 spiro atoms. The van der Waals surface area contributed by atoms with Crippen LogP contribution in [0.4, 0.5) is 5.69 Å². The highest BCUT2D eigenvalue weighted by molar-refractivity contribution is 8.13. The summed E-state index contributed by atoms with van der Waals surface area (Å²) in [6.07, 6.45) is 7.34. The van der Waals surface area contributed by atoms with Gasteiger partial charge in [0.15, 0.2) is 10.2 Å². The zero-order chi connectivity index (χ0) is 23.8. The maximum Gasteiger partial charge on any atom is 0.276 e. The number of benzene rings is 3. The maximum absolute atomic E-state index is 11.5. The third kappa shape index (κ3) is 7.59. The van der Waals surface area contributed by atoms with Gasteiger partial charge in [-0.1, -0.05) is 66.0 Å². The third-order valence-electron chi connectivity index (χ3n) is 4.46. The first kappa shape index (κ1) is 24.2. The summed E-state index contributed by atoms with van der Waals surface area (Å²) in [6.45, 7) is 3.05. The van der Waals surface area contributed by atoms with Gasteiger partial charge in [-0.05, 0) is 59.2 Å². The largest absolute Gasteiger partial charge is 0.287 e. The van der Waals surface area contributed by atoms with Crippen LogP contribution < -0.4 is 0 Å². The second kappa shape index (κ2) is 11.4. The lowest BCUT2D eigenvalue weighted by Crippen LogP contribution is -1.92. The maximum atomic E-state index is 11.5. The molecule has 0 aromatic heterocycles. The summed E-state index contributed by atoms with van der Waals surface area (Å²) in [5.41, 5.74) is 3.19. The van der Waals surface area contributed by atoms with Crippen LogP contribution in [-0.2, 0) is 9.59 Å². The van der Waals surface area contributed by atoms with Gasteiger partial charge >= 0.3 is 0 Å². The molecule has 0 fully saturated rings. The number of nitro groups is 1. The summed E-state index contributed by atoms with van der Waals surface area (Å²) in [6, 6.07) is 20.0. The van der Waals surface area contributed by atoms with Crippen LogP contribution in [0.25, 0.3) is 24.3 Å². The molecule has 0 bridgehead atoms. The number of carbonyl (C=O) groups is 2. The molecule has 0 heterocycles. The first-order chi connectivity index (χ1) is 15.8. The zero-order valence-electron chi connectivity index (χ0n) is 18.1. The van der Waals surface area contributed by atoms with E-state index in [-0.39, 0.29) is 15.9 Å². The van der Waals surface area contributed by atoms with Crippen molar-refractivity contribution in [3.8, 4) is 0 Å². The minimum atomic E-state index is -0.398. The Morgan fingerprint density at radius 3 is 1.58 bits per heavy atom. The lowest BCUT2D eigenvalue weighted by molar-refractivity contribution is -0.385. The molecule has 0 N–H and O–H groups in total. The predicted molar refractivity (Wildman–Crippen MR) is 137 cm³/mol. The number of nitro benzene ring substituents is 1. The van der Waals surface area contributed by atoms with Crippen LogP contribution in [0.15, 0.2) is 76.5 Å². The van der Waals surface area contributed by atoms with Crippen molar-refractivity contribution in [3.05, 3.63) is 99.1 Å². The molecule has 3 rings (SSSR count). The Kier molecular flexibility index (Phi) is 8.40. The Morgan fingerprint density at radius 1 is 0.697 bits per heavy atom. The van der Waals surface area contributed by atoms with Gasteiger partial charge in [0.05, 0.1) is 10.5 Å². The van der Waals surface area contributed by atoms with Crippen molar-refractivity contribution in [1.29, 1.82) is 0 Å². The predicted octanol–water partition coefficient (Wildman–Crippen LogP) is 7.21. The highest BCUT2D eigenvalue weighted by atomic mass is 32.2. The number of nitrogens with zero attached hydrogens (tertiary/aromatic N) is 1. The number of thioether (sulfide) groups is 2. The van der Waals surface area contributed by atoms with Crippen LogP contribution >= 0.6 is 23.5 Å². The van der Waals surface area contributed by atoms with E-state index < -0.39 is 4.92 Å². The number of hydrogen-bond acceptors (Lipinski definition) is 6. The van der Waals surface area contributed by atoms with Gasteiger partial charge in [0.2, 0.25) is 0 Å². The van der Waals surface area contributed by atoms with Crippen molar-refractivity contribution in [3.63, 3.8) is 0 Å². The molecule has 3 aromatic carbocycles. The van der Waals surface area contributed by atoms with Crippen molar-refractivity contribution >= 4 is 63.7 Å². The lowest BCUT2D eigenvalue weighted by atomic mass is 10.1. The Balaban J connectivity index is 1.79. The van der Waals surface area contributed by atoms with E-state index in [1.807, 2.05) is 66.8 Å². The molecule has 7 heteroatoms. The van der Waals surface area contributed by atoms with Gasteiger partial charge in [0.1, 0.15) is 0 Å². The van der Waals surface area contributed by atoms with Crippen molar-refractivity contribution < 1.29 is 14.5 Å². The second-order valence-corrected chi connectivity index (χ2v) is 9.57. The lowest BCUT2D eigenvalue weighted by Gasteiger charge is -2.02. The molecule has 0 saturated carbocycles. The summed E-state index contributed by atoms with van der Waals surface area (Å²) in [5, 5.41) is 11.5. The highest BCUT2D eigenvalue weighted by Crippen LogP contribution is 2.25. The van der Waals surface area contributed by atoms with E-state index in [1.165, 1.54) is 31.7 Å². The van der Waals surface area contributed by atoms with E-state index in [0.29, 0.717) is 5.56 Å². The SMILES string of the molecule is CC(=O)Sc1ccc(/C=C/c2ccc([N+](=O)[O-])c(/C=C/c3ccc(SC(C)=O)cc3)c2)cc1. The van der Waals surface area contributed by atoms with Crippen LogP contribution in [-0.4, -0.2) is 15.2 Å². The molecule has 5 nitrogen and oxygen atoms in total. The van der Waals surface area contributed by atoms with Gasteiger partial charge in [0, 0.05) is 29.7 Å². The second-order valence-electron chi connectivity index (χ2n) is 7.07. The van der Waals surface area contributed by atoms with Crippen molar-refractivity contribution in [2.75, 3.05) is 0 Å². The van der Waals surface area contributed by atoms with Gasteiger partial charge in [0.25, 0.3) is 5.69 Å². The molecule has 0 saturated heterocycles. The van der Waals surface area contributed by atoms with Crippen molar-refractivity contribution in [2.24, 2.45) is 0 Å². The van der Waals surface area contributed by atoms with E-state index in [4.69, 9.17) is 0 Å². The average Bonchev–Trinajstić information content (AvgIpc) is 2.77. The minimum Gasteiger partial charge on any atom is -0.287 e. The van der Waals surface area contributed by atoms with E-state index in [0.717, 1.165) is 38.2 Å². The van der Waals surface area contributed by atoms with Crippen LogP contribution in [0, 0.1) is 10.1 Å². The van der Waals surface area contributed by atoms with Gasteiger partial charge in [-0.25, -0.2) is 0 Å². The van der Waals surface area contributed by atoms with Crippen LogP contribution in [0.2, 0.25) is 0 Å². The molecule has 3 aromatic rings. The zero-order valence-corrected chi connectivity index (χ0v) is 19.7. The molecule has 0 radical (unpaired) electrons. The fourth-order valence-electron chi connectivity index (χ4n) is 2.98. The van der Waals surface area contributed by atoms with E-state index >= 15 is 0 Å². The molecule has 0 aliphatic heterocycles. The van der Waals surface area contributed by atoms with Crippen LogP contribution in [0.3, 0.4) is 0 Å². The Morgan fingerprint density at radius 2 is 1.12 bits per heavy atom. The van der Waals surface area contributed by atoms with Crippen LogP contribution in [0.1, 0.15) is 36.1 Å². The summed E-state index contributed by atoms with van der Waals surface area (Å²) in [4.78, 5) is 35.2. The molecule has 0 atom stereocenters. The molecule has 0 aliphatic carbocycles. The van der Waals surface area contributed by atoms with Crippen molar-refractivity contribution in [2.45, 2.75) is 23.6 Å². The molecule has 166 valence electrons. The minimum absolute atomic E-state index is 0.0182. The first-order valence-corrected chi connectivity index (χ1v) is 11.6. The number of carbonyl (C=O) groups excluding carboxylic acids is 2. The Bertz CT molecular complexity index is 1230. The molecule has 0 aliphatic rings. The fourth-order valence-corrected chi connectivity index (χ4v) is 4.19. The van der Waals surface area contributed by atoms with Gasteiger partial charge < -0.3 is 0 Å². The Labute approximate surface area is 200 Å². The monoisotopic (exact) mass is 475 g/mol. The molecular formula is C26H21NO4S2. The molecular weight excluding hydrogens is 454 g/mol. The summed E-state index contributed by atoms with van der Waals surface area (Å²) >= 11 is 2.34. The van der Waals surface area contributed by atoms with E-state index in [9.17, 15) is 19.7 Å². The van der Waals surface area contributed by atoms with Crippen molar-refractivity contribution in [1.82, 2.24) is 0 Å². The highest BCUT2D eigenvalue weighted by Gasteiger charge is 2.11. The standard InChI is InChI=1S/C26H21NO4S2/c1-18(28)32-24-12-6-20(7-13-24)3-4-22-10-16-26(27(30)31)23(17-22)11-5-21-8-14-25(15-9-21)33-19(2)29/h3-17H,1-2H3/b4-3+,11-5+. The van der Waals surface area contributed by atoms with Crippen LogP contribution in [0.5, 0.6) is 0 Å². The Hall–Kier alpha value is -3.42. The summed E-state index contributed by atoms with van der Waals surface area (Å²) in [5.74, 6) is 0. The van der Waals surface area contributed by atoms with Gasteiger partial charge in [-0.15, -0.1) is 0 Å². The van der Waals surface area contributed by atoms with E-state index in [2.05, 4.69) is 0 Å². The average molecular weight is 476 g/mol. The first-order valence-electron chi connectivity index (χ1n) is 10.0. The van der Waals surface area contributed by atoms with Gasteiger partial charge in [-0.2, -0.15) is 0 Å². The number of rotatable bonds is 7. The van der Waals surface area contributed by atoms with Gasteiger partial charge in [-0.3, -0.25) is 19.7 Å².